The summed E-state index contributed by atoms with van der Waals surface area (Å²) in [7, 11) is 0. The molecule has 0 aliphatic carbocycles. The van der Waals surface area contributed by atoms with Gasteiger partial charge in [0.1, 0.15) is 12.4 Å². The maximum atomic E-state index is 6.58. The molecular formula is C35H31NO4S. The molecule has 0 N–H and O–H groups in total. The minimum Gasteiger partial charge on any atom is -0.485 e. The number of hydrogen-bond donors (Lipinski definition) is 0. The Hall–Kier alpha value is -4.39. The summed E-state index contributed by atoms with van der Waals surface area (Å²) in [4.78, 5) is 3.17. The molecule has 1 heterocycles. The van der Waals surface area contributed by atoms with Crippen molar-refractivity contribution < 1.29 is 18.9 Å². The predicted molar refractivity (Wildman–Crippen MR) is 166 cm³/mol. The van der Waals surface area contributed by atoms with E-state index in [1.54, 1.807) is 0 Å². The molecule has 206 valence electrons. The minimum atomic E-state index is 0.446. The van der Waals surface area contributed by atoms with Gasteiger partial charge in [-0.15, -0.1) is 0 Å². The molecule has 6 rings (SSSR count). The molecule has 1 aliphatic heterocycles. The van der Waals surface area contributed by atoms with Gasteiger partial charge in [-0.05, 0) is 46.8 Å². The van der Waals surface area contributed by atoms with Crippen LogP contribution in [-0.2, 0) is 17.8 Å². The second-order valence-corrected chi connectivity index (χ2v) is 10.3. The standard InChI is InChI=1S/C35H31NO4S/c41-34(36-20-22-37-23-21-36)24-26-14-17-29(18-15-26)39-33-19-16-28-10-4-5-11-30(28)35(33)40-32-13-7-6-12-31(32)38-25-27-8-2-1-3-9-27/h1-19H,20-25H2. The number of hydrogen-bond acceptors (Lipinski definition) is 5. The van der Waals surface area contributed by atoms with Crippen LogP contribution >= 0.6 is 12.2 Å². The summed E-state index contributed by atoms with van der Waals surface area (Å²) < 4.78 is 24.6. The van der Waals surface area contributed by atoms with E-state index in [4.69, 9.17) is 31.2 Å². The van der Waals surface area contributed by atoms with E-state index in [1.165, 1.54) is 0 Å². The van der Waals surface area contributed by atoms with E-state index in [0.29, 0.717) is 29.6 Å². The van der Waals surface area contributed by atoms with Gasteiger partial charge in [0, 0.05) is 24.9 Å². The highest BCUT2D eigenvalue weighted by Crippen LogP contribution is 2.43. The first-order chi connectivity index (χ1) is 20.2. The van der Waals surface area contributed by atoms with Gasteiger partial charge in [-0.2, -0.15) is 0 Å². The highest BCUT2D eigenvalue weighted by molar-refractivity contribution is 7.80. The van der Waals surface area contributed by atoms with Crippen LogP contribution in [-0.4, -0.2) is 36.2 Å². The first-order valence-electron chi connectivity index (χ1n) is 13.8. The van der Waals surface area contributed by atoms with Crippen LogP contribution in [0.25, 0.3) is 10.8 Å². The van der Waals surface area contributed by atoms with E-state index in [-0.39, 0.29) is 0 Å². The fourth-order valence-corrected chi connectivity index (χ4v) is 5.16. The summed E-state index contributed by atoms with van der Waals surface area (Å²) in [5, 5.41) is 2.01. The van der Waals surface area contributed by atoms with Crippen molar-refractivity contribution in [1.29, 1.82) is 0 Å². The van der Waals surface area contributed by atoms with E-state index in [0.717, 1.165) is 65.4 Å². The van der Waals surface area contributed by atoms with Crippen LogP contribution in [0.5, 0.6) is 28.7 Å². The van der Waals surface area contributed by atoms with E-state index < -0.39 is 0 Å². The quantitative estimate of drug-likeness (QED) is 0.169. The SMILES string of the molecule is S=C(Cc1ccc(Oc2ccc3ccccc3c2Oc2ccccc2OCc2ccccc2)cc1)N1CCOCC1. The van der Waals surface area contributed by atoms with Gasteiger partial charge >= 0.3 is 0 Å². The molecule has 1 saturated heterocycles. The summed E-state index contributed by atoms with van der Waals surface area (Å²) >= 11 is 5.69. The molecule has 1 fully saturated rings. The van der Waals surface area contributed by atoms with Gasteiger partial charge in [0.15, 0.2) is 23.0 Å². The highest BCUT2D eigenvalue weighted by atomic mass is 32.1. The lowest BCUT2D eigenvalue weighted by Gasteiger charge is -2.29. The number of rotatable bonds is 9. The Balaban J connectivity index is 1.23. The van der Waals surface area contributed by atoms with Crippen LogP contribution in [0.3, 0.4) is 0 Å². The lowest BCUT2D eigenvalue weighted by molar-refractivity contribution is 0.0684. The average molecular weight is 562 g/mol. The van der Waals surface area contributed by atoms with Gasteiger partial charge in [-0.1, -0.05) is 97.1 Å². The first-order valence-corrected chi connectivity index (χ1v) is 14.2. The van der Waals surface area contributed by atoms with Crippen LogP contribution < -0.4 is 14.2 Å². The number of ether oxygens (including phenoxy) is 4. The summed E-state index contributed by atoms with van der Waals surface area (Å²) in [6.07, 6.45) is 0.722. The molecular weight excluding hydrogens is 530 g/mol. The third-order valence-corrected chi connectivity index (χ3v) is 7.41. The van der Waals surface area contributed by atoms with E-state index in [1.807, 2.05) is 97.1 Å². The molecule has 5 aromatic carbocycles. The normalized spacial score (nSPS) is 13.1. The maximum Gasteiger partial charge on any atom is 0.177 e. The van der Waals surface area contributed by atoms with Crippen LogP contribution in [0, 0.1) is 0 Å². The lowest BCUT2D eigenvalue weighted by Crippen LogP contribution is -2.40. The number of para-hydroxylation sites is 2. The summed E-state index contributed by atoms with van der Waals surface area (Å²) in [6, 6.07) is 38.0. The fraction of sp³-hybridized carbons (Fsp3) is 0.171. The largest absolute Gasteiger partial charge is 0.485 e. The fourth-order valence-electron chi connectivity index (χ4n) is 4.81. The number of thiocarbonyl (C=S) groups is 1. The Bertz CT molecular complexity index is 1620. The number of fused-ring (bicyclic) bond motifs is 1. The van der Waals surface area contributed by atoms with Crippen molar-refractivity contribution in [3.05, 3.63) is 126 Å². The monoisotopic (exact) mass is 561 g/mol. The molecule has 0 bridgehead atoms. The van der Waals surface area contributed by atoms with Gasteiger partial charge < -0.3 is 23.8 Å². The Morgan fingerprint density at radius 1 is 0.659 bits per heavy atom. The van der Waals surface area contributed by atoms with Crippen LogP contribution in [0.15, 0.2) is 115 Å². The van der Waals surface area contributed by atoms with Gasteiger partial charge in [0.25, 0.3) is 0 Å². The summed E-state index contributed by atoms with van der Waals surface area (Å²) in [6.45, 7) is 3.61. The Morgan fingerprint density at radius 2 is 1.37 bits per heavy atom. The molecule has 0 spiro atoms. The molecule has 0 aromatic heterocycles. The molecule has 1 aliphatic rings. The van der Waals surface area contributed by atoms with Crippen molar-refractivity contribution >= 4 is 28.0 Å². The van der Waals surface area contributed by atoms with Gasteiger partial charge in [0.05, 0.1) is 18.2 Å². The number of morpholine rings is 1. The molecule has 0 radical (unpaired) electrons. The smallest absolute Gasteiger partial charge is 0.177 e. The first kappa shape index (κ1) is 26.8. The average Bonchev–Trinajstić information content (AvgIpc) is 3.03. The zero-order valence-electron chi connectivity index (χ0n) is 22.7. The van der Waals surface area contributed by atoms with Gasteiger partial charge in [-0.3, -0.25) is 0 Å². The van der Waals surface area contributed by atoms with Crippen molar-refractivity contribution in [3.63, 3.8) is 0 Å². The summed E-state index contributed by atoms with van der Waals surface area (Å²) in [5.41, 5.74) is 2.24. The molecule has 0 unspecified atom stereocenters. The molecule has 5 aromatic rings. The number of benzene rings is 5. The Morgan fingerprint density at radius 3 is 2.17 bits per heavy atom. The van der Waals surface area contributed by atoms with Gasteiger partial charge in [0.2, 0.25) is 0 Å². The van der Waals surface area contributed by atoms with E-state index in [2.05, 4.69) is 23.1 Å². The molecule has 6 heteroatoms. The van der Waals surface area contributed by atoms with Crippen molar-refractivity contribution in [2.24, 2.45) is 0 Å². The number of nitrogens with zero attached hydrogens (tertiary/aromatic N) is 1. The summed E-state index contributed by atoms with van der Waals surface area (Å²) in [5.74, 6) is 3.27. The van der Waals surface area contributed by atoms with Crippen LogP contribution in [0.1, 0.15) is 11.1 Å². The molecule has 0 saturated carbocycles. The highest BCUT2D eigenvalue weighted by Gasteiger charge is 2.17. The predicted octanol–water partition coefficient (Wildman–Crippen LogP) is 8.21. The zero-order chi connectivity index (χ0) is 27.9. The van der Waals surface area contributed by atoms with Crippen molar-refractivity contribution in [3.8, 4) is 28.7 Å². The van der Waals surface area contributed by atoms with E-state index >= 15 is 0 Å². The Kier molecular flexibility index (Phi) is 8.41. The topological polar surface area (TPSA) is 40.2 Å². The molecule has 0 amide bonds. The van der Waals surface area contributed by atoms with Gasteiger partial charge in [-0.25, -0.2) is 0 Å². The lowest BCUT2D eigenvalue weighted by atomic mass is 10.1. The third-order valence-electron chi connectivity index (χ3n) is 7.01. The third kappa shape index (κ3) is 6.68. The molecule has 41 heavy (non-hydrogen) atoms. The van der Waals surface area contributed by atoms with E-state index in [9.17, 15) is 0 Å². The molecule has 0 atom stereocenters. The van der Waals surface area contributed by atoms with Crippen molar-refractivity contribution in [1.82, 2.24) is 4.90 Å². The molecule has 5 nitrogen and oxygen atoms in total. The minimum absolute atomic E-state index is 0.446. The zero-order valence-corrected chi connectivity index (χ0v) is 23.5. The van der Waals surface area contributed by atoms with Crippen molar-refractivity contribution in [2.75, 3.05) is 26.3 Å². The van der Waals surface area contributed by atoms with Crippen LogP contribution in [0.2, 0.25) is 0 Å². The van der Waals surface area contributed by atoms with Crippen molar-refractivity contribution in [2.45, 2.75) is 13.0 Å². The Labute approximate surface area is 245 Å². The second-order valence-electron chi connectivity index (χ2n) is 9.85. The maximum absolute atomic E-state index is 6.58. The second kappa shape index (κ2) is 12.9. The van der Waals surface area contributed by atoms with Crippen LogP contribution in [0.4, 0.5) is 0 Å².